The van der Waals surface area contributed by atoms with Crippen LogP contribution in [0.1, 0.15) is 29.1 Å². The zero-order valence-corrected chi connectivity index (χ0v) is 11.8. The van der Waals surface area contributed by atoms with Gasteiger partial charge in [0.05, 0.1) is 18.1 Å². The van der Waals surface area contributed by atoms with Gasteiger partial charge in [-0.1, -0.05) is 22.9 Å². The molecule has 0 radical (unpaired) electrons. The maximum atomic E-state index is 5.98. The van der Waals surface area contributed by atoms with Crippen molar-refractivity contribution in [3.05, 3.63) is 41.2 Å². The van der Waals surface area contributed by atoms with E-state index in [0.717, 1.165) is 17.9 Å². The van der Waals surface area contributed by atoms with Gasteiger partial charge in [0.1, 0.15) is 17.5 Å². The molecule has 0 bridgehead atoms. The van der Waals surface area contributed by atoms with E-state index in [2.05, 4.69) is 29.4 Å². The van der Waals surface area contributed by atoms with E-state index in [-0.39, 0.29) is 11.5 Å². The number of halogens is 1. The maximum Gasteiger partial charge on any atom is 0.123 e. The van der Waals surface area contributed by atoms with Crippen molar-refractivity contribution < 1.29 is 4.74 Å². The van der Waals surface area contributed by atoms with Crippen LogP contribution in [0.4, 0.5) is 0 Å². The van der Waals surface area contributed by atoms with Crippen LogP contribution in [-0.4, -0.2) is 21.1 Å². The van der Waals surface area contributed by atoms with Crippen LogP contribution in [0.15, 0.2) is 24.4 Å². The predicted octanol–water partition coefficient (Wildman–Crippen LogP) is 2.89. The predicted molar refractivity (Wildman–Crippen MR) is 73.6 cm³/mol. The fourth-order valence-corrected chi connectivity index (χ4v) is 2.44. The largest absolute Gasteiger partial charge is 0.488 e. The highest BCUT2D eigenvalue weighted by Gasteiger charge is 2.23. The molecule has 1 aromatic heterocycles. The molecule has 100 valence electrons. The summed E-state index contributed by atoms with van der Waals surface area (Å²) >= 11 is 5.98. The fraction of sp³-hybridized carbons (Fsp3) is 0.429. The third kappa shape index (κ3) is 2.59. The topological polar surface area (TPSA) is 39.9 Å². The van der Waals surface area contributed by atoms with Gasteiger partial charge in [-0.3, -0.25) is 0 Å². The number of hydrogen-bond acceptors (Lipinski definition) is 3. The lowest BCUT2D eigenvalue weighted by atomic mass is 10.1. The van der Waals surface area contributed by atoms with Gasteiger partial charge in [0, 0.05) is 6.42 Å². The Morgan fingerprint density at radius 1 is 1.53 bits per heavy atom. The van der Waals surface area contributed by atoms with E-state index in [1.165, 1.54) is 11.1 Å². The van der Waals surface area contributed by atoms with E-state index in [0.29, 0.717) is 6.54 Å². The molecule has 1 aromatic carbocycles. The van der Waals surface area contributed by atoms with Gasteiger partial charge in [-0.25, -0.2) is 4.68 Å². The molecular formula is C14H16ClN3O. The highest BCUT2D eigenvalue weighted by atomic mass is 35.5. The molecule has 19 heavy (non-hydrogen) atoms. The standard InChI is InChI=1S/C14H16ClN3O/c1-9-3-4-14-11(5-9)6-12(19-14)7-18-8-13(10(2)15)16-17-18/h3-5,8,10,12H,6-7H2,1-2H3. The summed E-state index contributed by atoms with van der Waals surface area (Å²) in [6.45, 7) is 4.68. The van der Waals surface area contributed by atoms with Crippen LogP contribution in [0.25, 0.3) is 0 Å². The molecule has 5 heteroatoms. The number of benzene rings is 1. The Balaban J connectivity index is 1.69. The first-order valence-electron chi connectivity index (χ1n) is 6.42. The maximum absolute atomic E-state index is 5.98. The van der Waals surface area contributed by atoms with Crippen molar-refractivity contribution in [3.8, 4) is 5.75 Å². The number of aryl methyl sites for hydroxylation is 1. The van der Waals surface area contributed by atoms with Crippen LogP contribution >= 0.6 is 11.6 Å². The Bertz CT molecular complexity index is 594. The van der Waals surface area contributed by atoms with Crippen LogP contribution in [0, 0.1) is 6.92 Å². The van der Waals surface area contributed by atoms with Crippen molar-refractivity contribution in [2.45, 2.75) is 38.3 Å². The highest BCUT2D eigenvalue weighted by Crippen LogP contribution is 2.30. The molecule has 0 saturated carbocycles. The minimum Gasteiger partial charge on any atom is -0.488 e. The molecular weight excluding hydrogens is 262 g/mol. The van der Waals surface area contributed by atoms with E-state index in [4.69, 9.17) is 16.3 Å². The SMILES string of the molecule is Cc1ccc2c(c1)CC(Cn1cc(C(C)Cl)nn1)O2. The lowest BCUT2D eigenvalue weighted by molar-refractivity contribution is 0.202. The molecule has 0 fully saturated rings. The van der Waals surface area contributed by atoms with E-state index in [9.17, 15) is 0 Å². The molecule has 0 amide bonds. The van der Waals surface area contributed by atoms with Gasteiger partial charge in [-0.2, -0.15) is 0 Å². The van der Waals surface area contributed by atoms with Gasteiger partial charge in [-0.05, 0) is 25.5 Å². The summed E-state index contributed by atoms with van der Waals surface area (Å²) in [4.78, 5) is 0. The Morgan fingerprint density at radius 3 is 3.11 bits per heavy atom. The smallest absolute Gasteiger partial charge is 0.123 e. The summed E-state index contributed by atoms with van der Waals surface area (Å²) in [6, 6.07) is 6.30. The van der Waals surface area contributed by atoms with E-state index in [1.54, 1.807) is 4.68 Å². The van der Waals surface area contributed by atoms with Crippen molar-refractivity contribution >= 4 is 11.6 Å². The number of ether oxygens (including phenoxy) is 1. The summed E-state index contributed by atoms with van der Waals surface area (Å²) in [7, 11) is 0. The first-order valence-corrected chi connectivity index (χ1v) is 6.86. The van der Waals surface area contributed by atoms with Gasteiger partial charge >= 0.3 is 0 Å². The molecule has 2 atom stereocenters. The molecule has 0 spiro atoms. The van der Waals surface area contributed by atoms with Crippen LogP contribution in [0.2, 0.25) is 0 Å². The van der Waals surface area contributed by atoms with Gasteiger partial charge in [0.25, 0.3) is 0 Å². The molecule has 0 aliphatic carbocycles. The van der Waals surface area contributed by atoms with Crippen molar-refractivity contribution in [2.24, 2.45) is 0 Å². The fourth-order valence-electron chi connectivity index (χ4n) is 2.34. The molecule has 1 aliphatic rings. The van der Waals surface area contributed by atoms with Crippen molar-refractivity contribution in [1.82, 2.24) is 15.0 Å². The minimum absolute atomic E-state index is 0.113. The summed E-state index contributed by atoms with van der Waals surface area (Å²) in [5, 5.41) is 8.02. The van der Waals surface area contributed by atoms with Crippen LogP contribution in [0.3, 0.4) is 0 Å². The van der Waals surface area contributed by atoms with E-state index in [1.807, 2.05) is 19.2 Å². The second-order valence-corrected chi connectivity index (χ2v) is 5.69. The first-order chi connectivity index (χ1) is 9.11. The zero-order chi connectivity index (χ0) is 13.4. The van der Waals surface area contributed by atoms with E-state index < -0.39 is 0 Å². The second-order valence-electron chi connectivity index (χ2n) is 5.04. The van der Waals surface area contributed by atoms with Crippen molar-refractivity contribution in [3.63, 3.8) is 0 Å². The molecule has 2 heterocycles. The normalized spacial score (nSPS) is 19.0. The van der Waals surface area contributed by atoms with Crippen LogP contribution in [-0.2, 0) is 13.0 Å². The number of rotatable bonds is 3. The Morgan fingerprint density at radius 2 is 2.37 bits per heavy atom. The molecule has 0 saturated heterocycles. The zero-order valence-electron chi connectivity index (χ0n) is 11.0. The van der Waals surface area contributed by atoms with E-state index >= 15 is 0 Å². The Labute approximate surface area is 117 Å². The lowest BCUT2D eigenvalue weighted by Gasteiger charge is -2.09. The van der Waals surface area contributed by atoms with Crippen LogP contribution < -0.4 is 4.74 Å². The Hall–Kier alpha value is -1.55. The molecule has 2 unspecified atom stereocenters. The summed E-state index contributed by atoms with van der Waals surface area (Å²) in [5.41, 5.74) is 3.34. The summed E-state index contributed by atoms with van der Waals surface area (Å²) in [5.74, 6) is 0.988. The van der Waals surface area contributed by atoms with Gasteiger partial charge in [-0.15, -0.1) is 16.7 Å². The molecule has 0 N–H and O–H groups in total. The molecule has 1 aliphatic heterocycles. The number of hydrogen-bond donors (Lipinski definition) is 0. The van der Waals surface area contributed by atoms with Gasteiger partial charge in [0.2, 0.25) is 0 Å². The first kappa shape index (κ1) is 12.5. The van der Waals surface area contributed by atoms with Gasteiger partial charge < -0.3 is 4.74 Å². The molecule has 4 nitrogen and oxygen atoms in total. The second kappa shape index (κ2) is 4.85. The summed E-state index contributed by atoms with van der Waals surface area (Å²) in [6.07, 6.45) is 2.93. The quantitative estimate of drug-likeness (QED) is 0.810. The molecule has 3 rings (SSSR count). The minimum atomic E-state index is -0.113. The summed E-state index contributed by atoms with van der Waals surface area (Å²) < 4.78 is 7.72. The third-order valence-electron chi connectivity index (χ3n) is 3.31. The van der Waals surface area contributed by atoms with Crippen molar-refractivity contribution in [1.29, 1.82) is 0 Å². The molecule has 2 aromatic rings. The third-order valence-corrected chi connectivity index (χ3v) is 3.54. The monoisotopic (exact) mass is 277 g/mol. The van der Waals surface area contributed by atoms with Crippen LogP contribution in [0.5, 0.6) is 5.75 Å². The Kier molecular flexibility index (Phi) is 3.19. The number of aromatic nitrogens is 3. The average Bonchev–Trinajstić information content (AvgIpc) is 2.95. The van der Waals surface area contributed by atoms with Gasteiger partial charge in [0.15, 0.2) is 0 Å². The lowest BCUT2D eigenvalue weighted by Crippen LogP contribution is -2.21. The van der Waals surface area contributed by atoms with Crippen molar-refractivity contribution in [2.75, 3.05) is 0 Å². The number of alkyl halides is 1. The highest BCUT2D eigenvalue weighted by molar-refractivity contribution is 6.20. The average molecular weight is 278 g/mol. The number of fused-ring (bicyclic) bond motifs is 1. The number of nitrogens with zero attached hydrogens (tertiary/aromatic N) is 3.